The van der Waals surface area contributed by atoms with E-state index >= 15 is 0 Å². The van der Waals surface area contributed by atoms with Gasteiger partial charge in [0, 0.05) is 18.8 Å². The summed E-state index contributed by atoms with van der Waals surface area (Å²) in [6.45, 7) is 4.77. The lowest BCUT2D eigenvalue weighted by atomic mass is 10.1. The minimum absolute atomic E-state index is 0.0257. The SMILES string of the molecule is CCCCNC(=O)c1cc(C(F)(F)F)ccc1NCC. The van der Waals surface area contributed by atoms with Gasteiger partial charge in [0.1, 0.15) is 0 Å². The lowest BCUT2D eigenvalue weighted by molar-refractivity contribution is -0.137. The van der Waals surface area contributed by atoms with E-state index < -0.39 is 17.6 Å². The lowest BCUT2D eigenvalue weighted by Crippen LogP contribution is -2.26. The molecule has 0 unspecified atom stereocenters. The first kappa shape index (κ1) is 16.3. The van der Waals surface area contributed by atoms with Gasteiger partial charge in [-0.05, 0) is 31.5 Å². The lowest BCUT2D eigenvalue weighted by Gasteiger charge is -2.14. The largest absolute Gasteiger partial charge is 0.416 e. The van der Waals surface area contributed by atoms with Crippen molar-refractivity contribution in [2.75, 3.05) is 18.4 Å². The molecule has 0 spiro atoms. The van der Waals surface area contributed by atoms with E-state index in [9.17, 15) is 18.0 Å². The number of nitrogens with one attached hydrogen (secondary N) is 2. The molecule has 3 nitrogen and oxygen atoms in total. The van der Waals surface area contributed by atoms with E-state index in [0.29, 0.717) is 18.8 Å². The van der Waals surface area contributed by atoms with Crippen LogP contribution in [-0.4, -0.2) is 19.0 Å². The van der Waals surface area contributed by atoms with E-state index in [2.05, 4.69) is 10.6 Å². The van der Waals surface area contributed by atoms with Crippen LogP contribution < -0.4 is 10.6 Å². The van der Waals surface area contributed by atoms with Crippen LogP contribution in [0.25, 0.3) is 0 Å². The predicted octanol–water partition coefficient (Wildman–Crippen LogP) is 3.67. The quantitative estimate of drug-likeness (QED) is 0.784. The molecule has 0 heterocycles. The van der Waals surface area contributed by atoms with Crippen LogP contribution in [0.4, 0.5) is 18.9 Å². The van der Waals surface area contributed by atoms with Gasteiger partial charge in [-0.25, -0.2) is 0 Å². The van der Waals surface area contributed by atoms with Gasteiger partial charge in [0.15, 0.2) is 0 Å². The zero-order chi connectivity index (χ0) is 15.2. The Bertz CT molecular complexity index is 458. The minimum atomic E-state index is -4.46. The zero-order valence-corrected chi connectivity index (χ0v) is 11.6. The number of halogens is 3. The maximum atomic E-state index is 12.7. The number of alkyl halides is 3. The molecular weight excluding hydrogens is 269 g/mol. The third kappa shape index (κ3) is 4.43. The fourth-order valence-corrected chi connectivity index (χ4v) is 1.73. The fourth-order valence-electron chi connectivity index (χ4n) is 1.73. The molecule has 1 rings (SSSR count). The van der Waals surface area contributed by atoms with Gasteiger partial charge in [-0.1, -0.05) is 13.3 Å². The summed E-state index contributed by atoms with van der Waals surface area (Å²) >= 11 is 0. The van der Waals surface area contributed by atoms with Crippen molar-refractivity contribution in [2.24, 2.45) is 0 Å². The van der Waals surface area contributed by atoms with Crippen LogP contribution in [0.3, 0.4) is 0 Å². The number of carbonyl (C=O) groups excluding carboxylic acids is 1. The van der Waals surface area contributed by atoms with Gasteiger partial charge < -0.3 is 10.6 Å². The average Bonchev–Trinajstić information content (AvgIpc) is 2.38. The van der Waals surface area contributed by atoms with Crippen molar-refractivity contribution in [2.45, 2.75) is 32.9 Å². The molecule has 0 aliphatic rings. The normalized spacial score (nSPS) is 11.2. The highest BCUT2D eigenvalue weighted by atomic mass is 19.4. The number of hydrogen-bond donors (Lipinski definition) is 2. The Balaban J connectivity index is 3.02. The number of rotatable bonds is 6. The molecule has 0 aliphatic heterocycles. The second kappa shape index (κ2) is 7.17. The van der Waals surface area contributed by atoms with Gasteiger partial charge in [0.05, 0.1) is 11.1 Å². The molecule has 0 radical (unpaired) electrons. The molecule has 1 aromatic carbocycles. The van der Waals surface area contributed by atoms with E-state index in [1.807, 2.05) is 13.8 Å². The number of benzene rings is 1. The van der Waals surface area contributed by atoms with Crippen molar-refractivity contribution in [3.63, 3.8) is 0 Å². The van der Waals surface area contributed by atoms with Crippen molar-refractivity contribution in [1.82, 2.24) is 5.32 Å². The number of anilines is 1. The molecule has 6 heteroatoms. The maximum absolute atomic E-state index is 12.7. The van der Waals surface area contributed by atoms with Gasteiger partial charge >= 0.3 is 6.18 Å². The number of amides is 1. The smallest absolute Gasteiger partial charge is 0.385 e. The predicted molar refractivity (Wildman–Crippen MR) is 72.8 cm³/mol. The van der Waals surface area contributed by atoms with Gasteiger partial charge in [-0.15, -0.1) is 0 Å². The third-order valence-electron chi connectivity index (χ3n) is 2.77. The summed E-state index contributed by atoms with van der Waals surface area (Å²) in [6, 6.07) is 3.15. The summed E-state index contributed by atoms with van der Waals surface area (Å²) in [6.07, 6.45) is -2.76. The molecule has 1 aromatic rings. The first-order chi connectivity index (χ1) is 9.40. The summed E-state index contributed by atoms with van der Waals surface area (Å²) in [4.78, 5) is 12.0. The highest BCUT2D eigenvalue weighted by molar-refractivity contribution is 5.99. The summed E-state index contributed by atoms with van der Waals surface area (Å²) in [5.74, 6) is -0.486. The van der Waals surface area contributed by atoms with E-state index in [-0.39, 0.29) is 5.56 Å². The Morgan fingerprint density at radius 1 is 1.25 bits per heavy atom. The molecule has 0 aliphatic carbocycles. The van der Waals surface area contributed by atoms with Crippen LogP contribution in [0, 0.1) is 0 Å². The third-order valence-corrected chi connectivity index (χ3v) is 2.77. The summed E-state index contributed by atoms with van der Waals surface area (Å²) in [5.41, 5.74) is -0.382. The molecule has 0 saturated heterocycles. The molecule has 0 saturated carbocycles. The highest BCUT2D eigenvalue weighted by Crippen LogP contribution is 2.31. The molecule has 0 atom stereocenters. The number of carbonyl (C=O) groups is 1. The van der Waals surface area contributed by atoms with Gasteiger partial charge in [-0.2, -0.15) is 13.2 Å². The number of unbranched alkanes of at least 4 members (excludes halogenated alkanes) is 1. The molecule has 0 bridgehead atoms. The Kier molecular flexibility index (Phi) is 5.85. The maximum Gasteiger partial charge on any atom is 0.416 e. The zero-order valence-electron chi connectivity index (χ0n) is 11.6. The monoisotopic (exact) mass is 288 g/mol. The first-order valence-electron chi connectivity index (χ1n) is 6.63. The van der Waals surface area contributed by atoms with E-state index in [1.165, 1.54) is 6.07 Å². The van der Waals surface area contributed by atoms with E-state index in [1.54, 1.807) is 0 Å². The Labute approximate surface area is 116 Å². The topological polar surface area (TPSA) is 41.1 Å². The van der Waals surface area contributed by atoms with Gasteiger partial charge in [-0.3, -0.25) is 4.79 Å². The van der Waals surface area contributed by atoms with Crippen LogP contribution >= 0.6 is 0 Å². The molecule has 20 heavy (non-hydrogen) atoms. The minimum Gasteiger partial charge on any atom is -0.385 e. The van der Waals surface area contributed by atoms with Crippen LogP contribution in [0.5, 0.6) is 0 Å². The molecule has 1 amide bonds. The standard InChI is InChI=1S/C14H19F3N2O/c1-3-5-8-19-13(20)11-9-10(14(15,16)17)6-7-12(11)18-4-2/h6-7,9,18H,3-5,8H2,1-2H3,(H,19,20). The van der Waals surface area contributed by atoms with Gasteiger partial charge in [0.25, 0.3) is 5.91 Å². The first-order valence-corrected chi connectivity index (χ1v) is 6.63. The van der Waals surface area contributed by atoms with Crippen molar-refractivity contribution in [1.29, 1.82) is 0 Å². The molecule has 0 fully saturated rings. The van der Waals surface area contributed by atoms with E-state index in [4.69, 9.17) is 0 Å². The van der Waals surface area contributed by atoms with Crippen LogP contribution in [0.1, 0.15) is 42.6 Å². The molecular formula is C14H19F3N2O. The van der Waals surface area contributed by atoms with Gasteiger partial charge in [0.2, 0.25) is 0 Å². The highest BCUT2D eigenvalue weighted by Gasteiger charge is 2.31. The second-order valence-corrected chi connectivity index (χ2v) is 4.40. The van der Waals surface area contributed by atoms with Crippen molar-refractivity contribution in [3.05, 3.63) is 29.3 Å². The Morgan fingerprint density at radius 2 is 1.95 bits per heavy atom. The summed E-state index contributed by atoms with van der Waals surface area (Å²) < 4.78 is 38.1. The van der Waals surface area contributed by atoms with Crippen LogP contribution in [0.2, 0.25) is 0 Å². The fraction of sp³-hybridized carbons (Fsp3) is 0.500. The van der Waals surface area contributed by atoms with Crippen molar-refractivity contribution >= 4 is 11.6 Å². The molecule has 0 aromatic heterocycles. The summed E-state index contributed by atoms with van der Waals surface area (Å²) in [5, 5.41) is 5.53. The molecule has 2 N–H and O–H groups in total. The van der Waals surface area contributed by atoms with Crippen LogP contribution in [-0.2, 0) is 6.18 Å². The number of hydrogen-bond acceptors (Lipinski definition) is 2. The molecule has 112 valence electrons. The van der Waals surface area contributed by atoms with E-state index in [0.717, 1.165) is 25.0 Å². The Morgan fingerprint density at radius 3 is 2.50 bits per heavy atom. The van der Waals surface area contributed by atoms with Crippen molar-refractivity contribution in [3.8, 4) is 0 Å². The second-order valence-electron chi connectivity index (χ2n) is 4.40. The van der Waals surface area contributed by atoms with Crippen LogP contribution in [0.15, 0.2) is 18.2 Å². The van der Waals surface area contributed by atoms with Crippen molar-refractivity contribution < 1.29 is 18.0 Å². The Hall–Kier alpha value is -1.72. The summed E-state index contributed by atoms with van der Waals surface area (Å²) in [7, 11) is 0. The average molecular weight is 288 g/mol.